The molecule has 3 rings (SSSR count). The van der Waals surface area contributed by atoms with Gasteiger partial charge in [-0.25, -0.2) is 0 Å². The van der Waals surface area contributed by atoms with Crippen molar-refractivity contribution < 1.29 is 9.26 Å². The topological polar surface area (TPSA) is 60.2 Å². The molecular weight excluding hydrogens is 262 g/mol. The van der Waals surface area contributed by atoms with E-state index in [0.29, 0.717) is 24.1 Å². The lowest BCUT2D eigenvalue weighted by atomic mass is 10.3. The summed E-state index contributed by atoms with van der Waals surface area (Å²) in [6.45, 7) is 2.31. The summed E-state index contributed by atoms with van der Waals surface area (Å²) in [4.78, 5) is 5.58. The van der Waals surface area contributed by atoms with Gasteiger partial charge in [-0.2, -0.15) is 4.98 Å². The van der Waals surface area contributed by atoms with Crippen LogP contribution in [0.5, 0.6) is 0 Å². The fourth-order valence-corrected chi connectivity index (χ4v) is 2.61. The lowest BCUT2D eigenvalue weighted by Crippen LogP contribution is -2.33. The van der Waals surface area contributed by atoms with Crippen LogP contribution in [0.2, 0.25) is 0 Å². The van der Waals surface area contributed by atoms with E-state index < -0.39 is 0 Å². The van der Waals surface area contributed by atoms with E-state index in [1.807, 2.05) is 18.2 Å². The van der Waals surface area contributed by atoms with Gasteiger partial charge >= 0.3 is 0 Å². The van der Waals surface area contributed by atoms with Crippen molar-refractivity contribution in [1.82, 2.24) is 15.5 Å². The molecule has 100 valence electrons. The molecule has 0 radical (unpaired) electrons. The number of morpholine rings is 1. The van der Waals surface area contributed by atoms with Crippen molar-refractivity contribution in [3.63, 3.8) is 0 Å². The van der Waals surface area contributed by atoms with Crippen LogP contribution in [0.3, 0.4) is 0 Å². The fraction of sp³-hybridized carbons (Fsp3) is 0.385. The lowest BCUT2D eigenvalue weighted by Gasteiger charge is -2.20. The molecule has 0 spiro atoms. The Kier molecular flexibility index (Phi) is 4.12. The van der Waals surface area contributed by atoms with Gasteiger partial charge in [-0.1, -0.05) is 23.4 Å². The average Bonchev–Trinajstić information content (AvgIpc) is 2.96. The van der Waals surface area contributed by atoms with Crippen LogP contribution in [0.15, 0.2) is 39.8 Å². The Hall–Kier alpha value is -1.37. The van der Waals surface area contributed by atoms with E-state index in [2.05, 4.69) is 27.6 Å². The minimum Gasteiger partial charge on any atom is -0.367 e. The van der Waals surface area contributed by atoms with Gasteiger partial charge in [-0.15, -0.1) is 11.8 Å². The second-order valence-corrected chi connectivity index (χ2v) is 5.26. The van der Waals surface area contributed by atoms with Crippen LogP contribution < -0.4 is 5.32 Å². The fourth-order valence-electron chi connectivity index (χ4n) is 1.85. The number of hydrogen-bond acceptors (Lipinski definition) is 6. The van der Waals surface area contributed by atoms with Gasteiger partial charge in [0.1, 0.15) is 6.10 Å². The van der Waals surface area contributed by atoms with Crippen molar-refractivity contribution in [3.8, 4) is 0 Å². The summed E-state index contributed by atoms with van der Waals surface area (Å²) in [7, 11) is 0. The van der Waals surface area contributed by atoms with Crippen LogP contribution in [-0.2, 0) is 10.5 Å². The first-order chi connectivity index (χ1) is 9.42. The largest absolute Gasteiger partial charge is 0.367 e. The maximum Gasteiger partial charge on any atom is 0.237 e. The Balaban J connectivity index is 1.58. The van der Waals surface area contributed by atoms with Gasteiger partial charge in [0.15, 0.2) is 0 Å². The Morgan fingerprint density at radius 3 is 3.00 bits per heavy atom. The zero-order valence-corrected chi connectivity index (χ0v) is 11.2. The smallest absolute Gasteiger partial charge is 0.237 e. The molecular formula is C13H15N3O2S. The lowest BCUT2D eigenvalue weighted by molar-refractivity contribution is 0.0208. The highest BCUT2D eigenvalue weighted by Crippen LogP contribution is 2.22. The van der Waals surface area contributed by atoms with Crippen molar-refractivity contribution in [2.24, 2.45) is 0 Å². The average molecular weight is 277 g/mol. The highest BCUT2D eigenvalue weighted by Gasteiger charge is 2.21. The zero-order valence-electron chi connectivity index (χ0n) is 10.4. The van der Waals surface area contributed by atoms with Crippen LogP contribution >= 0.6 is 11.8 Å². The first kappa shape index (κ1) is 12.7. The van der Waals surface area contributed by atoms with Crippen molar-refractivity contribution in [2.75, 3.05) is 19.7 Å². The van der Waals surface area contributed by atoms with E-state index in [9.17, 15) is 0 Å². The second-order valence-electron chi connectivity index (χ2n) is 4.21. The predicted octanol–water partition coefficient (Wildman–Crippen LogP) is 2.02. The summed E-state index contributed by atoms with van der Waals surface area (Å²) in [5.74, 6) is 1.95. The molecule has 2 heterocycles. The zero-order chi connectivity index (χ0) is 12.9. The molecule has 0 amide bonds. The third kappa shape index (κ3) is 3.34. The summed E-state index contributed by atoms with van der Waals surface area (Å²) in [6, 6.07) is 10.2. The third-order valence-corrected chi connectivity index (χ3v) is 3.80. The summed E-state index contributed by atoms with van der Waals surface area (Å²) >= 11 is 1.68. The maximum absolute atomic E-state index is 5.59. The normalized spacial score (nSPS) is 19.5. The molecule has 0 aliphatic carbocycles. The molecule has 19 heavy (non-hydrogen) atoms. The molecule has 5 nitrogen and oxygen atoms in total. The van der Waals surface area contributed by atoms with Gasteiger partial charge in [0.05, 0.1) is 12.4 Å². The Morgan fingerprint density at radius 1 is 1.32 bits per heavy atom. The summed E-state index contributed by atoms with van der Waals surface area (Å²) in [5, 5.41) is 7.24. The molecule has 1 aliphatic heterocycles. The van der Waals surface area contributed by atoms with E-state index in [1.165, 1.54) is 4.90 Å². The standard InChI is InChI=1S/C13H15N3O2S/c1-2-4-10(5-3-1)19-9-12-15-13(16-18-12)11-8-14-6-7-17-11/h1-5,11,14H,6-9H2. The SMILES string of the molecule is c1ccc(SCc2nc(C3CNCCO3)no2)cc1. The molecule has 1 unspecified atom stereocenters. The number of rotatable bonds is 4. The maximum atomic E-state index is 5.59. The molecule has 1 N–H and O–H groups in total. The number of nitrogens with zero attached hydrogens (tertiary/aromatic N) is 2. The van der Waals surface area contributed by atoms with Crippen LogP contribution in [0.4, 0.5) is 0 Å². The first-order valence-electron chi connectivity index (χ1n) is 6.24. The van der Waals surface area contributed by atoms with Gasteiger partial charge in [-0.3, -0.25) is 0 Å². The van der Waals surface area contributed by atoms with Gasteiger partial charge in [0, 0.05) is 18.0 Å². The Labute approximate surface area is 115 Å². The van der Waals surface area contributed by atoms with Crippen molar-refractivity contribution in [3.05, 3.63) is 42.0 Å². The Morgan fingerprint density at radius 2 is 2.21 bits per heavy atom. The second kappa shape index (κ2) is 6.18. The summed E-state index contributed by atoms with van der Waals surface area (Å²) < 4.78 is 10.8. The minimum absolute atomic E-state index is 0.0898. The number of thioether (sulfide) groups is 1. The van der Waals surface area contributed by atoms with E-state index in [4.69, 9.17) is 9.26 Å². The van der Waals surface area contributed by atoms with Crippen LogP contribution in [0, 0.1) is 0 Å². The molecule has 1 saturated heterocycles. The van der Waals surface area contributed by atoms with Crippen molar-refractivity contribution in [1.29, 1.82) is 0 Å². The molecule has 1 aliphatic rings. The summed E-state index contributed by atoms with van der Waals surface area (Å²) in [6.07, 6.45) is -0.0898. The minimum atomic E-state index is -0.0898. The van der Waals surface area contributed by atoms with Gasteiger partial charge in [0.2, 0.25) is 11.7 Å². The molecule has 0 saturated carbocycles. The van der Waals surface area contributed by atoms with Crippen LogP contribution in [0.1, 0.15) is 17.8 Å². The monoisotopic (exact) mass is 277 g/mol. The molecule has 1 aromatic heterocycles. The summed E-state index contributed by atoms with van der Waals surface area (Å²) in [5.41, 5.74) is 0. The number of nitrogens with one attached hydrogen (secondary N) is 1. The Bertz CT molecular complexity index is 512. The van der Waals surface area contributed by atoms with Gasteiger partial charge in [-0.05, 0) is 12.1 Å². The van der Waals surface area contributed by atoms with E-state index in [-0.39, 0.29) is 6.10 Å². The van der Waals surface area contributed by atoms with Crippen LogP contribution in [0.25, 0.3) is 0 Å². The molecule has 6 heteroatoms. The van der Waals surface area contributed by atoms with E-state index >= 15 is 0 Å². The highest BCUT2D eigenvalue weighted by atomic mass is 32.2. The van der Waals surface area contributed by atoms with Crippen molar-refractivity contribution in [2.45, 2.75) is 16.8 Å². The number of benzene rings is 1. The molecule has 1 aromatic carbocycles. The number of aromatic nitrogens is 2. The molecule has 1 fully saturated rings. The third-order valence-electron chi connectivity index (χ3n) is 2.80. The van der Waals surface area contributed by atoms with E-state index in [1.54, 1.807) is 11.8 Å². The number of hydrogen-bond donors (Lipinski definition) is 1. The number of ether oxygens (including phenoxy) is 1. The van der Waals surface area contributed by atoms with Gasteiger partial charge in [0.25, 0.3) is 0 Å². The van der Waals surface area contributed by atoms with Crippen LogP contribution in [-0.4, -0.2) is 29.8 Å². The molecule has 1 atom stereocenters. The predicted molar refractivity (Wildman–Crippen MR) is 71.9 cm³/mol. The van der Waals surface area contributed by atoms with E-state index in [0.717, 1.165) is 13.1 Å². The highest BCUT2D eigenvalue weighted by molar-refractivity contribution is 7.98. The van der Waals surface area contributed by atoms with Crippen molar-refractivity contribution >= 4 is 11.8 Å². The first-order valence-corrected chi connectivity index (χ1v) is 7.23. The quantitative estimate of drug-likeness (QED) is 0.863. The molecule has 0 bridgehead atoms. The van der Waals surface area contributed by atoms with Gasteiger partial charge < -0.3 is 14.6 Å². The molecule has 2 aromatic rings.